The summed E-state index contributed by atoms with van der Waals surface area (Å²) in [6.07, 6.45) is 3.16. The quantitative estimate of drug-likeness (QED) is 0.468. The topological polar surface area (TPSA) is 55.8 Å². The number of hydrogen-bond donors (Lipinski definition) is 0. The molecular weight excluding hydrogens is 198 g/mol. The molecular formula is C10H17NO4. The number of carbonyl (C=O) groups excluding carboxylic acids is 2. The number of esters is 1. The summed E-state index contributed by atoms with van der Waals surface area (Å²) in [5, 5.41) is 0. The van der Waals surface area contributed by atoms with Gasteiger partial charge in [-0.2, -0.15) is 0 Å². The second-order valence-electron chi connectivity index (χ2n) is 3.56. The number of ether oxygens (including phenoxy) is 2. The van der Waals surface area contributed by atoms with E-state index in [0.29, 0.717) is 13.1 Å². The molecule has 1 heterocycles. The molecule has 1 aliphatic rings. The maximum absolute atomic E-state index is 10.9. The average Bonchev–Trinajstić information content (AvgIpc) is 2.76. The molecule has 0 spiro atoms. The number of nitrogens with zero attached hydrogens (tertiary/aromatic N) is 1. The normalized spacial score (nSPS) is 19.9. The molecule has 0 aromatic heterocycles. The van der Waals surface area contributed by atoms with Gasteiger partial charge in [0.1, 0.15) is 0 Å². The van der Waals surface area contributed by atoms with Gasteiger partial charge in [-0.25, -0.2) is 0 Å². The SMILES string of the molecule is COC(=O)CCN(C=O)CC1CCCO1. The predicted molar refractivity (Wildman–Crippen MR) is 53.2 cm³/mol. The van der Waals surface area contributed by atoms with Gasteiger partial charge >= 0.3 is 5.97 Å². The van der Waals surface area contributed by atoms with Gasteiger partial charge in [-0.3, -0.25) is 9.59 Å². The Morgan fingerprint density at radius 3 is 3.00 bits per heavy atom. The minimum atomic E-state index is -0.297. The summed E-state index contributed by atoms with van der Waals surface area (Å²) in [6, 6.07) is 0. The van der Waals surface area contributed by atoms with Crippen molar-refractivity contribution >= 4 is 12.4 Å². The van der Waals surface area contributed by atoms with E-state index in [4.69, 9.17) is 4.74 Å². The predicted octanol–water partition coefficient (Wildman–Crippen LogP) is 0.187. The Bertz CT molecular complexity index is 213. The third-order valence-corrected chi connectivity index (χ3v) is 2.44. The molecule has 1 atom stereocenters. The van der Waals surface area contributed by atoms with Crippen LogP contribution in [0.15, 0.2) is 0 Å². The first-order valence-corrected chi connectivity index (χ1v) is 5.14. The maximum Gasteiger partial charge on any atom is 0.307 e. The van der Waals surface area contributed by atoms with Crippen molar-refractivity contribution in [2.75, 3.05) is 26.8 Å². The van der Waals surface area contributed by atoms with Crippen LogP contribution in [0.2, 0.25) is 0 Å². The Hall–Kier alpha value is -1.10. The van der Waals surface area contributed by atoms with E-state index in [9.17, 15) is 9.59 Å². The largest absolute Gasteiger partial charge is 0.469 e. The molecule has 1 fully saturated rings. The van der Waals surface area contributed by atoms with Crippen molar-refractivity contribution in [2.45, 2.75) is 25.4 Å². The Morgan fingerprint density at radius 1 is 1.67 bits per heavy atom. The molecule has 0 saturated carbocycles. The van der Waals surface area contributed by atoms with E-state index >= 15 is 0 Å². The van der Waals surface area contributed by atoms with Crippen LogP contribution < -0.4 is 0 Å². The maximum atomic E-state index is 10.9. The van der Waals surface area contributed by atoms with Gasteiger partial charge in [0.25, 0.3) is 0 Å². The van der Waals surface area contributed by atoms with Crippen molar-refractivity contribution in [3.8, 4) is 0 Å². The van der Waals surface area contributed by atoms with Crippen LogP contribution in [0.25, 0.3) is 0 Å². The first-order valence-electron chi connectivity index (χ1n) is 5.14. The Morgan fingerprint density at radius 2 is 2.47 bits per heavy atom. The summed E-state index contributed by atoms with van der Waals surface area (Å²) < 4.78 is 9.90. The fraction of sp³-hybridized carbons (Fsp3) is 0.800. The number of methoxy groups -OCH3 is 1. The zero-order valence-electron chi connectivity index (χ0n) is 8.98. The van der Waals surface area contributed by atoms with Crippen LogP contribution >= 0.6 is 0 Å². The average molecular weight is 215 g/mol. The monoisotopic (exact) mass is 215 g/mol. The molecule has 1 rings (SSSR count). The molecule has 0 aromatic carbocycles. The van der Waals surface area contributed by atoms with Crippen molar-refractivity contribution in [3.05, 3.63) is 0 Å². The van der Waals surface area contributed by atoms with Crippen LogP contribution in [-0.4, -0.2) is 50.2 Å². The van der Waals surface area contributed by atoms with Crippen molar-refractivity contribution in [2.24, 2.45) is 0 Å². The standard InChI is InChI=1S/C10H17NO4/c1-14-10(13)4-5-11(8-12)7-9-3-2-6-15-9/h8-9H,2-7H2,1H3. The summed E-state index contributed by atoms with van der Waals surface area (Å²) in [5.41, 5.74) is 0. The summed E-state index contributed by atoms with van der Waals surface area (Å²) >= 11 is 0. The summed E-state index contributed by atoms with van der Waals surface area (Å²) in [5.74, 6) is -0.297. The Kier molecular flexibility index (Phi) is 5.10. The van der Waals surface area contributed by atoms with E-state index < -0.39 is 0 Å². The molecule has 86 valence electrons. The zero-order valence-corrected chi connectivity index (χ0v) is 8.98. The minimum absolute atomic E-state index is 0.132. The van der Waals surface area contributed by atoms with E-state index in [0.717, 1.165) is 25.9 Å². The molecule has 5 heteroatoms. The number of rotatable bonds is 6. The Balaban J connectivity index is 2.22. The first kappa shape index (κ1) is 12.0. The van der Waals surface area contributed by atoms with Gasteiger partial charge in [-0.15, -0.1) is 0 Å². The molecule has 0 aliphatic carbocycles. The highest BCUT2D eigenvalue weighted by molar-refractivity contribution is 5.69. The van der Waals surface area contributed by atoms with E-state index in [1.807, 2.05) is 0 Å². The van der Waals surface area contributed by atoms with E-state index in [1.54, 1.807) is 4.90 Å². The van der Waals surface area contributed by atoms with Crippen molar-refractivity contribution in [3.63, 3.8) is 0 Å². The molecule has 1 amide bonds. The van der Waals surface area contributed by atoms with Gasteiger partial charge in [0.15, 0.2) is 0 Å². The van der Waals surface area contributed by atoms with Gasteiger partial charge in [-0.1, -0.05) is 0 Å². The molecule has 0 radical (unpaired) electrons. The molecule has 0 bridgehead atoms. The van der Waals surface area contributed by atoms with Gasteiger partial charge in [-0.05, 0) is 12.8 Å². The molecule has 1 aliphatic heterocycles. The van der Waals surface area contributed by atoms with Crippen LogP contribution in [0.4, 0.5) is 0 Å². The van der Waals surface area contributed by atoms with Crippen LogP contribution in [0.3, 0.4) is 0 Å². The lowest BCUT2D eigenvalue weighted by molar-refractivity contribution is -0.141. The van der Waals surface area contributed by atoms with Gasteiger partial charge in [0, 0.05) is 19.7 Å². The highest BCUT2D eigenvalue weighted by atomic mass is 16.5. The van der Waals surface area contributed by atoms with Crippen LogP contribution in [-0.2, 0) is 19.1 Å². The molecule has 0 aromatic rings. The second kappa shape index (κ2) is 6.40. The molecule has 1 unspecified atom stereocenters. The van der Waals surface area contributed by atoms with Crippen molar-refractivity contribution < 1.29 is 19.1 Å². The minimum Gasteiger partial charge on any atom is -0.469 e. The fourth-order valence-electron chi connectivity index (χ4n) is 1.57. The van der Waals surface area contributed by atoms with Crippen LogP contribution in [0, 0.1) is 0 Å². The Labute approximate surface area is 89.3 Å². The van der Waals surface area contributed by atoms with Gasteiger partial charge in [0.2, 0.25) is 6.41 Å². The van der Waals surface area contributed by atoms with Gasteiger partial charge in [0.05, 0.1) is 19.6 Å². The lowest BCUT2D eigenvalue weighted by Crippen LogP contribution is -2.32. The summed E-state index contributed by atoms with van der Waals surface area (Å²) in [7, 11) is 1.34. The summed E-state index contributed by atoms with van der Waals surface area (Å²) in [6.45, 7) is 1.74. The zero-order chi connectivity index (χ0) is 11.1. The molecule has 0 N–H and O–H groups in total. The second-order valence-corrected chi connectivity index (χ2v) is 3.56. The molecule has 5 nitrogen and oxygen atoms in total. The lowest BCUT2D eigenvalue weighted by atomic mass is 10.2. The highest BCUT2D eigenvalue weighted by Gasteiger charge is 2.18. The third kappa shape index (κ3) is 4.29. The van der Waals surface area contributed by atoms with E-state index in [1.165, 1.54) is 7.11 Å². The molecule has 1 saturated heterocycles. The third-order valence-electron chi connectivity index (χ3n) is 2.44. The van der Waals surface area contributed by atoms with Crippen molar-refractivity contribution in [1.82, 2.24) is 4.90 Å². The van der Waals surface area contributed by atoms with E-state index in [-0.39, 0.29) is 18.5 Å². The first-order chi connectivity index (χ1) is 7.26. The smallest absolute Gasteiger partial charge is 0.307 e. The molecule has 15 heavy (non-hydrogen) atoms. The van der Waals surface area contributed by atoms with Gasteiger partial charge < -0.3 is 14.4 Å². The fourth-order valence-corrected chi connectivity index (χ4v) is 1.57. The van der Waals surface area contributed by atoms with Crippen LogP contribution in [0.1, 0.15) is 19.3 Å². The number of hydrogen-bond acceptors (Lipinski definition) is 4. The number of amides is 1. The lowest BCUT2D eigenvalue weighted by Gasteiger charge is -2.20. The van der Waals surface area contributed by atoms with Crippen LogP contribution in [0.5, 0.6) is 0 Å². The van der Waals surface area contributed by atoms with Crippen molar-refractivity contribution in [1.29, 1.82) is 0 Å². The summed E-state index contributed by atoms with van der Waals surface area (Å²) in [4.78, 5) is 23.1. The number of carbonyl (C=O) groups is 2. The van der Waals surface area contributed by atoms with E-state index in [2.05, 4.69) is 4.74 Å². The highest BCUT2D eigenvalue weighted by Crippen LogP contribution is 2.12.